The van der Waals surface area contributed by atoms with E-state index in [-0.39, 0.29) is 5.84 Å². The second-order valence-corrected chi connectivity index (χ2v) is 5.79. The highest BCUT2D eigenvalue weighted by Crippen LogP contribution is 2.15. The molecule has 0 saturated carbocycles. The predicted octanol–water partition coefficient (Wildman–Crippen LogP) is 3.37. The second kappa shape index (κ2) is 6.68. The molecule has 0 heterocycles. The number of rotatable bonds is 5. The van der Waals surface area contributed by atoms with Crippen molar-refractivity contribution < 1.29 is 0 Å². The van der Waals surface area contributed by atoms with Gasteiger partial charge < -0.3 is 5.73 Å². The fourth-order valence-electron chi connectivity index (χ4n) is 2.21. The van der Waals surface area contributed by atoms with Gasteiger partial charge in [-0.1, -0.05) is 52.3 Å². The van der Waals surface area contributed by atoms with Crippen LogP contribution in [0, 0.1) is 5.41 Å². The van der Waals surface area contributed by atoms with Gasteiger partial charge in [-0.3, -0.25) is 10.3 Å². The molecule has 0 atom stereocenters. The van der Waals surface area contributed by atoms with Crippen molar-refractivity contribution in [2.24, 2.45) is 5.73 Å². The normalized spacial score (nSPS) is 10.8. The first-order valence-corrected chi connectivity index (χ1v) is 7.21. The van der Waals surface area contributed by atoms with E-state index in [1.54, 1.807) is 0 Å². The van der Waals surface area contributed by atoms with Gasteiger partial charge >= 0.3 is 0 Å². The van der Waals surface area contributed by atoms with Crippen LogP contribution in [0.15, 0.2) is 53.0 Å². The molecule has 0 spiro atoms. The van der Waals surface area contributed by atoms with Gasteiger partial charge in [0.05, 0.1) is 0 Å². The summed E-state index contributed by atoms with van der Waals surface area (Å²) in [5.74, 6) is 0.122. The monoisotopic (exact) mass is 331 g/mol. The molecule has 0 radical (unpaired) electrons. The average Bonchev–Trinajstić information content (AvgIpc) is 2.38. The molecule has 3 N–H and O–H groups in total. The quantitative estimate of drug-likeness (QED) is 0.652. The number of nitrogen functional groups attached to an aromatic ring is 1. The molecule has 3 nitrogen and oxygen atoms in total. The van der Waals surface area contributed by atoms with Crippen molar-refractivity contribution >= 4 is 21.8 Å². The van der Waals surface area contributed by atoms with Gasteiger partial charge in [-0.15, -0.1) is 0 Å². The molecule has 2 rings (SSSR count). The van der Waals surface area contributed by atoms with Crippen molar-refractivity contribution in [1.29, 1.82) is 5.41 Å². The Morgan fingerprint density at radius 3 is 2.60 bits per heavy atom. The van der Waals surface area contributed by atoms with Gasteiger partial charge in [-0.25, -0.2) is 0 Å². The summed E-state index contributed by atoms with van der Waals surface area (Å²) < 4.78 is 1.09. The summed E-state index contributed by atoms with van der Waals surface area (Å²) in [4.78, 5) is 2.21. The number of nitrogens with one attached hydrogen (secondary N) is 1. The number of hydrogen-bond donors (Lipinski definition) is 2. The molecule has 0 fully saturated rings. The zero-order valence-corrected chi connectivity index (χ0v) is 13.0. The summed E-state index contributed by atoms with van der Waals surface area (Å²) in [6.07, 6.45) is 0. The Balaban J connectivity index is 2.08. The van der Waals surface area contributed by atoms with Gasteiger partial charge in [0.2, 0.25) is 0 Å². The molecule has 104 valence electrons. The fourth-order valence-corrected chi connectivity index (χ4v) is 2.66. The van der Waals surface area contributed by atoms with E-state index in [0.717, 1.165) is 28.7 Å². The summed E-state index contributed by atoms with van der Waals surface area (Å²) in [7, 11) is 2.07. The number of nitrogens with zero attached hydrogens (tertiary/aromatic N) is 1. The molecule has 2 aromatic rings. The zero-order chi connectivity index (χ0) is 14.5. The lowest BCUT2D eigenvalue weighted by Crippen LogP contribution is -2.21. The average molecular weight is 332 g/mol. The van der Waals surface area contributed by atoms with E-state index in [1.165, 1.54) is 5.56 Å². The van der Waals surface area contributed by atoms with Crippen LogP contribution < -0.4 is 5.73 Å². The van der Waals surface area contributed by atoms with Crippen LogP contribution in [-0.4, -0.2) is 17.8 Å². The number of halogens is 1. The number of nitrogens with two attached hydrogens (primary N) is 1. The highest BCUT2D eigenvalue weighted by Gasteiger charge is 2.08. The van der Waals surface area contributed by atoms with Crippen LogP contribution in [0.5, 0.6) is 0 Å². The van der Waals surface area contributed by atoms with Gasteiger partial charge in [-0.2, -0.15) is 0 Å². The van der Waals surface area contributed by atoms with E-state index in [0.29, 0.717) is 0 Å². The maximum Gasteiger partial charge on any atom is 0.123 e. The van der Waals surface area contributed by atoms with Crippen molar-refractivity contribution in [3.05, 3.63) is 69.7 Å². The third kappa shape index (κ3) is 3.92. The molecule has 0 aromatic heterocycles. The summed E-state index contributed by atoms with van der Waals surface area (Å²) in [6.45, 7) is 1.62. The number of hydrogen-bond acceptors (Lipinski definition) is 2. The molecular formula is C16H18BrN3. The molecule has 0 aliphatic carbocycles. The molecule has 0 aliphatic heterocycles. The largest absolute Gasteiger partial charge is 0.384 e. The van der Waals surface area contributed by atoms with Crippen molar-refractivity contribution in [1.82, 2.24) is 4.90 Å². The molecule has 0 unspecified atom stereocenters. The van der Waals surface area contributed by atoms with Crippen molar-refractivity contribution in [2.45, 2.75) is 13.1 Å². The standard InChI is InChI=1S/C16H18BrN3/c1-20(10-12-5-4-7-14(17)9-12)11-13-6-2-3-8-15(13)16(18)19/h2-9H,10-11H2,1H3,(H3,18,19). The molecule has 0 amide bonds. The first-order chi connectivity index (χ1) is 9.56. The highest BCUT2D eigenvalue weighted by atomic mass is 79.9. The maximum absolute atomic E-state index is 7.62. The molecule has 0 aliphatic rings. The van der Waals surface area contributed by atoms with Crippen molar-refractivity contribution in [3.63, 3.8) is 0 Å². The van der Waals surface area contributed by atoms with Crippen LogP contribution in [0.2, 0.25) is 0 Å². The van der Waals surface area contributed by atoms with E-state index in [2.05, 4.69) is 40.0 Å². The van der Waals surface area contributed by atoms with Crippen molar-refractivity contribution in [3.8, 4) is 0 Å². The zero-order valence-electron chi connectivity index (χ0n) is 11.4. The molecule has 2 aromatic carbocycles. The van der Waals surface area contributed by atoms with E-state index in [9.17, 15) is 0 Å². The third-order valence-electron chi connectivity index (χ3n) is 3.09. The van der Waals surface area contributed by atoms with Crippen LogP contribution >= 0.6 is 15.9 Å². The molecule has 0 bridgehead atoms. The Labute approximate surface area is 128 Å². The third-order valence-corrected chi connectivity index (χ3v) is 3.58. The summed E-state index contributed by atoms with van der Waals surface area (Å²) in [6, 6.07) is 16.1. The van der Waals surface area contributed by atoms with Crippen LogP contribution in [0.3, 0.4) is 0 Å². The lowest BCUT2D eigenvalue weighted by Gasteiger charge is -2.18. The topological polar surface area (TPSA) is 53.1 Å². The van der Waals surface area contributed by atoms with Crippen LogP contribution in [0.25, 0.3) is 0 Å². The maximum atomic E-state index is 7.62. The molecule has 0 saturated heterocycles. The SMILES string of the molecule is CN(Cc1cccc(Br)c1)Cc1ccccc1C(=N)N. The summed E-state index contributed by atoms with van der Waals surface area (Å²) >= 11 is 3.49. The van der Waals surface area contributed by atoms with Crippen molar-refractivity contribution in [2.75, 3.05) is 7.05 Å². The van der Waals surface area contributed by atoms with Gasteiger partial charge in [0.15, 0.2) is 0 Å². The summed E-state index contributed by atoms with van der Waals surface area (Å²) in [5, 5.41) is 7.62. The van der Waals surface area contributed by atoms with Crippen LogP contribution in [-0.2, 0) is 13.1 Å². The Morgan fingerprint density at radius 1 is 1.15 bits per heavy atom. The fraction of sp³-hybridized carbons (Fsp3) is 0.188. The smallest absolute Gasteiger partial charge is 0.123 e. The molecule has 4 heteroatoms. The Bertz CT molecular complexity index is 610. The van der Waals surface area contributed by atoms with Crippen LogP contribution in [0.1, 0.15) is 16.7 Å². The lowest BCUT2D eigenvalue weighted by atomic mass is 10.1. The van der Waals surface area contributed by atoms with Gasteiger partial charge in [0.25, 0.3) is 0 Å². The van der Waals surface area contributed by atoms with Crippen LogP contribution in [0.4, 0.5) is 0 Å². The minimum Gasteiger partial charge on any atom is -0.384 e. The van der Waals surface area contributed by atoms with E-state index in [1.807, 2.05) is 36.4 Å². The van der Waals surface area contributed by atoms with Gasteiger partial charge in [0, 0.05) is 23.1 Å². The number of benzene rings is 2. The minimum atomic E-state index is 0.122. The minimum absolute atomic E-state index is 0.122. The molecular weight excluding hydrogens is 314 g/mol. The predicted molar refractivity (Wildman–Crippen MR) is 86.8 cm³/mol. The first kappa shape index (κ1) is 14.8. The van der Waals surface area contributed by atoms with Gasteiger partial charge in [-0.05, 0) is 30.3 Å². The summed E-state index contributed by atoms with van der Waals surface area (Å²) in [5.41, 5.74) is 8.77. The Hall–Kier alpha value is -1.65. The van der Waals surface area contributed by atoms with E-state index in [4.69, 9.17) is 11.1 Å². The van der Waals surface area contributed by atoms with E-state index >= 15 is 0 Å². The highest BCUT2D eigenvalue weighted by molar-refractivity contribution is 9.10. The first-order valence-electron chi connectivity index (χ1n) is 6.41. The Morgan fingerprint density at radius 2 is 1.90 bits per heavy atom. The molecule has 20 heavy (non-hydrogen) atoms. The lowest BCUT2D eigenvalue weighted by molar-refractivity contribution is 0.319. The number of amidine groups is 1. The van der Waals surface area contributed by atoms with E-state index < -0.39 is 0 Å². The second-order valence-electron chi connectivity index (χ2n) is 4.87. The Kier molecular flexibility index (Phi) is 4.93. The van der Waals surface area contributed by atoms with Gasteiger partial charge in [0.1, 0.15) is 5.84 Å².